The summed E-state index contributed by atoms with van der Waals surface area (Å²) in [5, 5.41) is 9.63. The molecule has 2 aliphatic heterocycles. The van der Waals surface area contributed by atoms with Crippen molar-refractivity contribution in [1.82, 2.24) is 9.80 Å². The molecule has 0 spiro atoms. The summed E-state index contributed by atoms with van der Waals surface area (Å²) in [5.41, 5.74) is -0.259. The second kappa shape index (κ2) is 10.6. The van der Waals surface area contributed by atoms with Gasteiger partial charge in [-0.15, -0.1) is 0 Å². The fraction of sp³-hybridized carbons (Fsp3) is 0.519. The van der Waals surface area contributed by atoms with Crippen molar-refractivity contribution in [2.24, 2.45) is 5.92 Å². The van der Waals surface area contributed by atoms with E-state index >= 15 is 0 Å². The van der Waals surface area contributed by atoms with E-state index in [4.69, 9.17) is 4.74 Å². The van der Waals surface area contributed by atoms with E-state index in [0.29, 0.717) is 37.2 Å². The summed E-state index contributed by atoms with van der Waals surface area (Å²) in [6.45, 7) is 6.12. The Balaban J connectivity index is 1.35. The van der Waals surface area contributed by atoms with Crippen LogP contribution in [-0.4, -0.2) is 71.9 Å². The number of nitrogens with zero attached hydrogens (tertiary/aromatic N) is 2. The van der Waals surface area contributed by atoms with E-state index in [9.17, 15) is 23.1 Å². The van der Waals surface area contributed by atoms with Crippen LogP contribution < -0.4 is 4.74 Å². The van der Waals surface area contributed by atoms with E-state index in [1.165, 1.54) is 12.1 Å². The molecule has 1 N–H and O–H groups in total. The number of rotatable bonds is 7. The molecular formula is C27H33F3N2O3. The van der Waals surface area contributed by atoms with Crippen LogP contribution in [0.2, 0.25) is 0 Å². The highest BCUT2D eigenvalue weighted by Gasteiger charge is 2.27. The zero-order valence-electron chi connectivity index (χ0n) is 20.3. The van der Waals surface area contributed by atoms with Crippen molar-refractivity contribution < 1.29 is 27.8 Å². The van der Waals surface area contributed by atoms with Gasteiger partial charge in [0.15, 0.2) is 11.6 Å². The first kappa shape index (κ1) is 25.5. The lowest BCUT2D eigenvalue weighted by Crippen LogP contribution is -2.41. The summed E-state index contributed by atoms with van der Waals surface area (Å²) < 4.78 is 49.1. The molecule has 5 nitrogen and oxygen atoms in total. The number of hydrogen-bond donors (Lipinski definition) is 1. The van der Waals surface area contributed by atoms with Gasteiger partial charge in [0, 0.05) is 30.8 Å². The monoisotopic (exact) mass is 490 g/mol. The first-order valence-electron chi connectivity index (χ1n) is 12.2. The van der Waals surface area contributed by atoms with Crippen molar-refractivity contribution in [3.05, 3.63) is 53.6 Å². The minimum atomic E-state index is -1.24. The SMILES string of the molecule is CC(C)(F)CN1CCC(COc2ccc(-c3ccc(C(=O)N4CCC(O)C4)cc3)c(F)c2F)CC1. The highest BCUT2D eigenvalue weighted by Crippen LogP contribution is 2.31. The second-order valence-electron chi connectivity index (χ2n) is 10.3. The fourth-order valence-electron chi connectivity index (χ4n) is 4.82. The Morgan fingerprint density at radius 2 is 1.71 bits per heavy atom. The quantitative estimate of drug-likeness (QED) is 0.613. The lowest BCUT2D eigenvalue weighted by molar-refractivity contribution is 0.0765. The summed E-state index contributed by atoms with van der Waals surface area (Å²) in [7, 11) is 0. The number of benzene rings is 2. The lowest BCUT2D eigenvalue weighted by atomic mass is 9.96. The largest absolute Gasteiger partial charge is 0.490 e. The maximum Gasteiger partial charge on any atom is 0.253 e. The standard InChI is InChI=1S/C27H33F3N2O3/c1-27(2,30)17-31-12-9-18(10-13-31)16-35-23-8-7-22(24(28)25(23)29)19-3-5-20(6-4-19)26(34)32-14-11-21(33)15-32/h3-8,18,21,33H,9-17H2,1-2H3. The summed E-state index contributed by atoms with van der Waals surface area (Å²) in [4.78, 5) is 16.2. The Hall–Kier alpha value is -2.58. The van der Waals surface area contributed by atoms with Crippen molar-refractivity contribution in [2.45, 2.75) is 44.9 Å². The average Bonchev–Trinajstić information content (AvgIpc) is 3.26. The van der Waals surface area contributed by atoms with E-state index in [2.05, 4.69) is 4.90 Å². The summed E-state index contributed by atoms with van der Waals surface area (Å²) in [5.74, 6) is -2.15. The minimum absolute atomic E-state index is 0.0904. The van der Waals surface area contributed by atoms with Crippen LogP contribution >= 0.6 is 0 Å². The molecule has 2 aromatic carbocycles. The number of carbonyl (C=O) groups is 1. The molecule has 0 saturated carbocycles. The third-order valence-electron chi connectivity index (χ3n) is 6.72. The molecule has 8 heteroatoms. The van der Waals surface area contributed by atoms with Gasteiger partial charge >= 0.3 is 0 Å². The molecule has 0 bridgehead atoms. The molecule has 2 saturated heterocycles. The van der Waals surface area contributed by atoms with Gasteiger partial charge in [-0.2, -0.15) is 4.39 Å². The van der Waals surface area contributed by atoms with Gasteiger partial charge in [0.1, 0.15) is 5.67 Å². The number of β-amino-alcohol motifs (C(OH)–C–C–N with tert-alkyl or cyclic N) is 1. The Morgan fingerprint density at radius 1 is 1.03 bits per heavy atom. The van der Waals surface area contributed by atoms with Gasteiger partial charge in [0.05, 0.1) is 12.7 Å². The number of halogens is 3. The Kier molecular flexibility index (Phi) is 7.71. The second-order valence-corrected chi connectivity index (χ2v) is 10.3. The molecule has 2 aliphatic rings. The first-order valence-corrected chi connectivity index (χ1v) is 12.2. The van der Waals surface area contributed by atoms with Crippen LogP contribution in [0, 0.1) is 17.6 Å². The third-order valence-corrected chi connectivity index (χ3v) is 6.72. The number of carbonyl (C=O) groups excluding carboxylic acids is 1. The normalized spacial score (nSPS) is 19.8. The topological polar surface area (TPSA) is 53.0 Å². The van der Waals surface area contributed by atoms with E-state index in [1.54, 1.807) is 43.0 Å². The molecule has 1 amide bonds. The molecule has 2 fully saturated rings. The highest BCUT2D eigenvalue weighted by molar-refractivity contribution is 5.95. The van der Waals surface area contributed by atoms with Crippen molar-refractivity contribution in [2.75, 3.05) is 39.3 Å². The third kappa shape index (κ3) is 6.35. The Bertz CT molecular complexity index is 1030. The van der Waals surface area contributed by atoms with E-state index in [-0.39, 0.29) is 29.7 Å². The maximum atomic E-state index is 14.9. The molecule has 1 atom stereocenters. The molecule has 35 heavy (non-hydrogen) atoms. The van der Waals surface area contributed by atoms with Crippen LogP contribution in [0.3, 0.4) is 0 Å². The van der Waals surface area contributed by atoms with Crippen LogP contribution in [0.5, 0.6) is 5.75 Å². The zero-order valence-corrected chi connectivity index (χ0v) is 20.3. The van der Waals surface area contributed by atoms with Crippen molar-refractivity contribution in [3.63, 3.8) is 0 Å². The van der Waals surface area contributed by atoms with Gasteiger partial charge in [-0.3, -0.25) is 4.79 Å². The zero-order chi connectivity index (χ0) is 25.2. The van der Waals surface area contributed by atoms with Crippen molar-refractivity contribution in [1.29, 1.82) is 0 Å². The number of hydrogen-bond acceptors (Lipinski definition) is 4. The number of piperidine rings is 1. The van der Waals surface area contributed by atoms with Crippen LogP contribution in [0.25, 0.3) is 11.1 Å². The van der Waals surface area contributed by atoms with E-state index in [0.717, 1.165) is 25.9 Å². The Labute approximate surface area is 204 Å². The number of aliphatic hydroxyl groups is 1. The average molecular weight is 491 g/mol. The van der Waals surface area contributed by atoms with E-state index < -0.39 is 23.4 Å². The number of likely N-dealkylation sites (tertiary alicyclic amines) is 2. The molecule has 1 unspecified atom stereocenters. The number of aliphatic hydroxyl groups excluding tert-OH is 1. The Morgan fingerprint density at radius 3 is 2.31 bits per heavy atom. The molecule has 0 aromatic heterocycles. The summed E-state index contributed by atoms with van der Waals surface area (Å²) in [6, 6.07) is 9.25. The number of ether oxygens (including phenoxy) is 1. The van der Waals surface area contributed by atoms with Crippen molar-refractivity contribution >= 4 is 5.91 Å². The van der Waals surface area contributed by atoms with Crippen LogP contribution in [0.4, 0.5) is 13.2 Å². The van der Waals surface area contributed by atoms with Gasteiger partial charge in [-0.25, -0.2) is 8.78 Å². The lowest BCUT2D eigenvalue weighted by Gasteiger charge is -2.34. The molecular weight excluding hydrogens is 457 g/mol. The van der Waals surface area contributed by atoms with Gasteiger partial charge in [0.2, 0.25) is 5.82 Å². The minimum Gasteiger partial charge on any atom is -0.490 e. The van der Waals surface area contributed by atoms with Crippen LogP contribution in [-0.2, 0) is 0 Å². The summed E-state index contributed by atoms with van der Waals surface area (Å²) >= 11 is 0. The van der Waals surface area contributed by atoms with Gasteiger partial charge in [-0.05, 0) is 81.9 Å². The number of alkyl halides is 1. The predicted octanol–water partition coefficient (Wildman–Crippen LogP) is 4.68. The van der Waals surface area contributed by atoms with Crippen molar-refractivity contribution in [3.8, 4) is 16.9 Å². The van der Waals surface area contributed by atoms with E-state index in [1.807, 2.05) is 0 Å². The van der Waals surface area contributed by atoms with Gasteiger partial charge in [-0.1, -0.05) is 12.1 Å². The maximum absolute atomic E-state index is 14.9. The van der Waals surface area contributed by atoms with Gasteiger partial charge in [0.25, 0.3) is 5.91 Å². The van der Waals surface area contributed by atoms with Gasteiger partial charge < -0.3 is 19.6 Å². The fourth-order valence-corrected chi connectivity index (χ4v) is 4.82. The highest BCUT2D eigenvalue weighted by atomic mass is 19.2. The smallest absolute Gasteiger partial charge is 0.253 e. The molecule has 4 rings (SSSR count). The number of amides is 1. The van der Waals surface area contributed by atoms with Crippen LogP contribution in [0.15, 0.2) is 36.4 Å². The predicted molar refractivity (Wildman–Crippen MR) is 128 cm³/mol. The summed E-state index contributed by atoms with van der Waals surface area (Å²) in [6.07, 6.45) is 1.69. The molecule has 190 valence electrons. The van der Waals surface area contributed by atoms with Crippen LogP contribution in [0.1, 0.15) is 43.5 Å². The first-order chi connectivity index (χ1) is 16.6. The molecule has 2 aromatic rings. The molecule has 0 aliphatic carbocycles. The molecule has 0 radical (unpaired) electrons. The molecule has 2 heterocycles.